The molecule has 54 heavy (non-hydrogen) atoms. The zero-order valence-corrected chi connectivity index (χ0v) is 32.5. The number of amides is 1. The number of aromatic nitrogens is 1. The molecule has 0 saturated carbocycles. The normalized spacial score (nSPS) is 13.4. The van der Waals surface area contributed by atoms with Crippen LogP contribution in [0.1, 0.15) is 65.1 Å². The number of rotatable bonds is 15. The van der Waals surface area contributed by atoms with Crippen molar-refractivity contribution in [2.45, 2.75) is 59.6 Å². The van der Waals surface area contributed by atoms with Gasteiger partial charge in [-0.2, -0.15) is 0 Å². The van der Waals surface area contributed by atoms with Crippen LogP contribution < -0.4 is 14.2 Å². The average molecular weight is 744 g/mol. The van der Waals surface area contributed by atoms with E-state index >= 15 is 0 Å². The van der Waals surface area contributed by atoms with E-state index in [0.717, 1.165) is 54.9 Å². The molecule has 0 aliphatic carbocycles. The van der Waals surface area contributed by atoms with E-state index in [1.54, 1.807) is 24.4 Å². The third-order valence-electron chi connectivity index (χ3n) is 9.65. The number of pyridine rings is 1. The largest absolute Gasteiger partial charge is 0.494 e. The minimum absolute atomic E-state index is 0.00135. The van der Waals surface area contributed by atoms with E-state index in [-0.39, 0.29) is 5.91 Å². The fourth-order valence-electron chi connectivity index (χ4n) is 6.34. The smallest absolute Gasteiger partial charge is 0.246 e. The second-order valence-corrected chi connectivity index (χ2v) is 14.7. The maximum atomic E-state index is 13.1. The molecule has 0 N–H and O–H groups in total. The van der Waals surface area contributed by atoms with Crippen molar-refractivity contribution in [3.05, 3.63) is 153 Å². The van der Waals surface area contributed by atoms with Gasteiger partial charge >= 0.3 is 0 Å². The molecule has 1 aliphatic heterocycles. The van der Waals surface area contributed by atoms with Crippen LogP contribution in [0.15, 0.2) is 109 Å². The fraction of sp³-hybridized carbons (Fsp3) is 0.304. The van der Waals surface area contributed by atoms with Crippen molar-refractivity contribution in [2.24, 2.45) is 0 Å². The molecule has 0 bridgehead atoms. The number of carbonyl (C=O) groups excluding carboxylic acids is 1. The zero-order chi connectivity index (χ0) is 37.9. The molecule has 1 amide bonds. The number of nitrogens with zero attached hydrogens (tertiary/aromatic N) is 3. The first kappa shape index (κ1) is 38.6. The van der Waals surface area contributed by atoms with Gasteiger partial charge in [0, 0.05) is 44.9 Å². The third kappa shape index (κ3) is 11.2. The van der Waals surface area contributed by atoms with Crippen LogP contribution in [0.5, 0.6) is 23.1 Å². The summed E-state index contributed by atoms with van der Waals surface area (Å²) >= 11 is 6.64. The van der Waals surface area contributed by atoms with Crippen LogP contribution in [0.2, 0.25) is 5.02 Å². The van der Waals surface area contributed by atoms with Crippen molar-refractivity contribution in [3.8, 4) is 23.1 Å². The Hall–Kier alpha value is -5.11. The lowest BCUT2D eigenvalue weighted by molar-refractivity contribution is -0.127. The molecule has 0 unspecified atom stereocenters. The molecule has 7 nitrogen and oxygen atoms in total. The quantitative estimate of drug-likeness (QED) is 0.0786. The van der Waals surface area contributed by atoms with Crippen molar-refractivity contribution in [3.63, 3.8) is 0 Å². The number of piperazine rings is 1. The van der Waals surface area contributed by atoms with Crippen molar-refractivity contribution >= 4 is 23.6 Å². The molecule has 1 aliphatic rings. The predicted octanol–water partition coefficient (Wildman–Crippen LogP) is 10.2. The van der Waals surface area contributed by atoms with Crippen LogP contribution in [0.25, 0.3) is 6.08 Å². The fourth-order valence-corrected chi connectivity index (χ4v) is 6.65. The molecule has 1 aromatic heterocycles. The summed E-state index contributed by atoms with van der Waals surface area (Å²) in [6.45, 7) is 13.5. The van der Waals surface area contributed by atoms with Gasteiger partial charge in [-0.1, -0.05) is 91.7 Å². The van der Waals surface area contributed by atoms with Gasteiger partial charge in [0.1, 0.15) is 18.1 Å². The number of halogens is 1. The highest BCUT2D eigenvalue weighted by Gasteiger charge is 2.20. The van der Waals surface area contributed by atoms with E-state index < -0.39 is 0 Å². The van der Waals surface area contributed by atoms with Gasteiger partial charge in [-0.3, -0.25) is 9.69 Å². The van der Waals surface area contributed by atoms with Gasteiger partial charge in [-0.05, 0) is 102 Å². The topological polar surface area (TPSA) is 64.1 Å². The molecule has 6 rings (SSSR count). The maximum absolute atomic E-state index is 13.1. The second-order valence-electron chi connectivity index (χ2n) is 14.3. The number of aryl methyl sites for hydroxylation is 3. The highest BCUT2D eigenvalue weighted by Crippen LogP contribution is 2.34. The number of ether oxygens (including phenoxy) is 3. The Kier molecular flexibility index (Phi) is 13.4. The number of benzene rings is 4. The van der Waals surface area contributed by atoms with Crippen LogP contribution in [0, 0.1) is 13.8 Å². The summed E-state index contributed by atoms with van der Waals surface area (Å²) in [5, 5.41) is 0.447. The van der Waals surface area contributed by atoms with E-state index in [1.807, 2.05) is 30.0 Å². The third-order valence-corrected chi connectivity index (χ3v) is 9.93. The first-order valence-corrected chi connectivity index (χ1v) is 19.2. The number of hydrogen-bond acceptors (Lipinski definition) is 6. The summed E-state index contributed by atoms with van der Waals surface area (Å²) in [5.41, 5.74) is 7.91. The number of hydrogen-bond donors (Lipinski definition) is 0. The molecular formula is C46H50ClN3O4. The van der Waals surface area contributed by atoms with E-state index in [2.05, 4.69) is 103 Å². The molecular weight excluding hydrogens is 694 g/mol. The summed E-state index contributed by atoms with van der Waals surface area (Å²) < 4.78 is 17.8. The summed E-state index contributed by atoms with van der Waals surface area (Å²) in [5.74, 6) is 3.05. The molecule has 280 valence electrons. The molecule has 0 spiro atoms. The Morgan fingerprint density at radius 1 is 0.815 bits per heavy atom. The number of carbonyl (C=O) groups is 1. The standard InChI is InChI=1S/C46H50ClN3O4/c1-33(2)40-16-18-41(19-17-40)52-27-5-6-36-11-13-37(14-12-36)31-49-23-25-50(26-24-49)45(51)22-15-39-28-35(4)46(43(47)29-39)54-44-21-20-42(30-48-44)53-32-38-9-7-34(3)8-10-38/h7-22,28-30,33H,5-6,23-27,31-32H2,1-4H3/b22-15+. The van der Waals surface area contributed by atoms with Crippen LogP contribution in [-0.2, 0) is 24.4 Å². The molecule has 0 atom stereocenters. The van der Waals surface area contributed by atoms with Gasteiger partial charge in [0.25, 0.3) is 0 Å². The molecule has 8 heteroatoms. The lowest BCUT2D eigenvalue weighted by atomic mass is 10.0. The minimum Gasteiger partial charge on any atom is -0.494 e. The summed E-state index contributed by atoms with van der Waals surface area (Å²) in [7, 11) is 0. The summed E-state index contributed by atoms with van der Waals surface area (Å²) in [4.78, 5) is 21.8. The van der Waals surface area contributed by atoms with Crippen LogP contribution in [0.4, 0.5) is 0 Å². The Labute approximate surface area is 325 Å². The van der Waals surface area contributed by atoms with Crippen molar-refractivity contribution < 1.29 is 19.0 Å². The Morgan fingerprint density at radius 2 is 1.50 bits per heavy atom. The van der Waals surface area contributed by atoms with Crippen molar-refractivity contribution in [1.29, 1.82) is 0 Å². The zero-order valence-electron chi connectivity index (χ0n) is 31.8. The maximum Gasteiger partial charge on any atom is 0.246 e. The van der Waals surface area contributed by atoms with Gasteiger partial charge in [-0.15, -0.1) is 0 Å². The average Bonchev–Trinajstić information content (AvgIpc) is 3.18. The first-order chi connectivity index (χ1) is 26.2. The van der Waals surface area contributed by atoms with Gasteiger partial charge in [0.05, 0.1) is 17.8 Å². The minimum atomic E-state index is -0.00135. The van der Waals surface area contributed by atoms with Crippen molar-refractivity contribution in [2.75, 3.05) is 32.8 Å². The van der Waals surface area contributed by atoms with Gasteiger partial charge in [0.2, 0.25) is 11.8 Å². The molecule has 5 aromatic rings. The van der Waals surface area contributed by atoms with E-state index in [9.17, 15) is 4.79 Å². The molecule has 1 fully saturated rings. The van der Waals surface area contributed by atoms with Gasteiger partial charge < -0.3 is 19.1 Å². The SMILES string of the molecule is Cc1ccc(COc2ccc(Oc3c(C)cc(/C=C/C(=O)N4CCN(Cc5ccc(CCCOc6ccc(C(C)C)cc6)cc5)CC4)cc3Cl)nc2)cc1. The second kappa shape index (κ2) is 18.8. The Morgan fingerprint density at radius 3 is 2.17 bits per heavy atom. The van der Waals surface area contributed by atoms with Gasteiger partial charge in [0.15, 0.2) is 5.75 Å². The summed E-state index contributed by atoms with van der Waals surface area (Å²) in [6, 6.07) is 32.9. The lowest BCUT2D eigenvalue weighted by Gasteiger charge is -2.34. The van der Waals surface area contributed by atoms with E-state index in [4.69, 9.17) is 25.8 Å². The van der Waals surface area contributed by atoms with E-state index in [1.165, 1.54) is 22.3 Å². The highest BCUT2D eigenvalue weighted by molar-refractivity contribution is 6.32. The van der Waals surface area contributed by atoms with Crippen LogP contribution in [0.3, 0.4) is 0 Å². The van der Waals surface area contributed by atoms with E-state index in [0.29, 0.717) is 54.6 Å². The molecule has 4 aromatic carbocycles. The molecule has 2 heterocycles. The lowest BCUT2D eigenvalue weighted by Crippen LogP contribution is -2.47. The molecule has 0 radical (unpaired) electrons. The highest BCUT2D eigenvalue weighted by atomic mass is 35.5. The molecule has 1 saturated heterocycles. The summed E-state index contributed by atoms with van der Waals surface area (Å²) in [6.07, 6.45) is 7.04. The van der Waals surface area contributed by atoms with Gasteiger partial charge in [-0.25, -0.2) is 4.98 Å². The van der Waals surface area contributed by atoms with Crippen LogP contribution in [-0.4, -0.2) is 53.5 Å². The predicted molar refractivity (Wildman–Crippen MR) is 218 cm³/mol. The Balaban J connectivity index is 0.907. The van der Waals surface area contributed by atoms with Crippen molar-refractivity contribution in [1.82, 2.24) is 14.8 Å². The monoisotopic (exact) mass is 743 g/mol. The van der Waals surface area contributed by atoms with Crippen LogP contribution >= 0.6 is 11.6 Å². The first-order valence-electron chi connectivity index (χ1n) is 18.8. The Bertz CT molecular complexity index is 1960.